The molecule has 0 saturated carbocycles. The molecule has 128 valence electrons. The van der Waals surface area contributed by atoms with Crippen molar-refractivity contribution >= 4 is 46.5 Å². The molecule has 1 aromatic heterocycles. The van der Waals surface area contributed by atoms with E-state index < -0.39 is 44.8 Å². The second kappa shape index (κ2) is 7.53. The summed E-state index contributed by atoms with van der Waals surface area (Å²) in [6.45, 7) is 1.19. The third kappa shape index (κ3) is 4.09. The number of hydrogen-bond donors (Lipinski definition) is 0. The molecule has 0 saturated heterocycles. The molecular formula is C16H7Cl2F2N2O3-. The van der Waals surface area contributed by atoms with E-state index in [2.05, 4.69) is 9.98 Å². The van der Waals surface area contributed by atoms with Crippen molar-refractivity contribution in [3.63, 3.8) is 0 Å². The highest BCUT2D eigenvalue weighted by Gasteiger charge is 2.24. The Kier molecular flexibility index (Phi) is 5.64. The predicted molar refractivity (Wildman–Crippen MR) is 85.3 cm³/mol. The van der Waals surface area contributed by atoms with Gasteiger partial charge in [0.2, 0.25) is 5.78 Å². The quantitative estimate of drug-likeness (QED) is 0.203. The lowest BCUT2D eigenvalue weighted by molar-refractivity contribution is -0.298. The molecule has 0 amide bonds. The number of nitrogens with zero attached hydrogens (tertiary/aromatic N) is 2. The first kappa shape index (κ1) is 18.7. The van der Waals surface area contributed by atoms with E-state index in [-0.39, 0.29) is 11.3 Å². The summed E-state index contributed by atoms with van der Waals surface area (Å²) in [5.74, 6) is -2.63. The zero-order valence-corrected chi connectivity index (χ0v) is 14.0. The van der Waals surface area contributed by atoms with Gasteiger partial charge < -0.3 is 9.90 Å². The Balaban J connectivity index is 2.57. The van der Waals surface area contributed by atoms with E-state index in [1.54, 1.807) is 0 Å². The maximum absolute atomic E-state index is 13.8. The third-order valence-corrected chi connectivity index (χ3v) is 3.59. The molecule has 0 fully saturated rings. The second-order valence-corrected chi connectivity index (χ2v) is 5.42. The zero-order chi connectivity index (χ0) is 18.7. The molecular weight excluding hydrogens is 377 g/mol. The van der Waals surface area contributed by atoms with Crippen LogP contribution >= 0.6 is 23.2 Å². The van der Waals surface area contributed by atoms with Crippen molar-refractivity contribution in [2.75, 3.05) is 0 Å². The number of hydrogen-bond acceptors (Lipinski definition) is 5. The number of carboxylic acid groups (broad SMARTS) is 1. The van der Waals surface area contributed by atoms with Crippen molar-refractivity contribution in [3.05, 3.63) is 62.9 Å². The van der Waals surface area contributed by atoms with Crippen LogP contribution in [0.2, 0.25) is 10.3 Å². The van der Waals surface area contributed by atoms with Crippen LogP contribution < -0.4 is 5.11 Å². The average Bonchev–Trinajstić information content (AvgIpc) is 2.54. The summed E-state index contributed by atoms with van der Waals surface area (Å²) < 4.78 is 26.7. The molecule has 2 rings (SSSR count). The van der Waals surface area contributed by atoms with Crippen LogP contribution in [0, 0.1) is 18.6 Å². The molecule has 1 aromatic carbocycles. The van der Waals surface area contributed by atoms with Gasteiger partial charge in [0.05, 0.1) is 17.2 Å². The largest absolute Gasteiger partial charge is 0.544 e. The van der Waals surface area contributed by atoms with E-state index >= 15 is 0 Å². The molecule has 0 radical (unpaired) electrons. The number of ketones is 1. The molecule has 0 aliphatic heterocycles. The maximum Gasteiger partial charge on any atom is 0.207 e. The SMILES string of the molecule is Cc1c(F)c(Cl)nc(Cl)c1C(=O)C(=C=Nc1ccc(F)cc1)C(=O)[O-]. The highest BCUT2D eigenvalue weighted by molar-refractivity contribution is 6.38. The highest BCUT2D eigenvalue weighted by atomic mass is 35.5. The van der Waals surface area contributed by atoms with E-state index in [4.69, 9.17) is 23.2 Å². The van der Waals surface area contributed by atoms with Crippen molar-refractivity contribution < 1.29 is 23.5 Å². The lowest BCUT2D eigenvalue weighted by Gasteiger charge is -2.10. The van der Waals surface area contributed by atoms with Crippen molar-refractivity contribution in [1.82, 2.24) is 4.98 Å². The smallest absolute Gasteiger partial charge is 0.207 e. The molecule has 0 atom stereocenters. The average molecular weight is 384 g/mol. The number of carbonyl (C=O) groups excluding carboxylic acids is 2. The van der Waals surface area contributed by atoms with E-state index in [1.165, 1.54) is 19.1 Å². The van der Waals surface area contributed by atoms with Gasteiger partial charge in [0.25, 0.3) is 0 Å². The number of carboxylic acids is 1. The van der Waals surface area contributed by atoms with Gasteiger partial charge in [-0.2, -0.15) is 0 Å². The Bertz CT molecular complexity index is 937. The lowest BCUT2D eigenvalue weighted by atomic mass is 10.0. The number of benzene rings is 1. The number of halogens is 4. The normalized spacial score (nSPS) is 10.1. The minimum absolute atomic E-state index is 0.135. The predicted octanol–water partition coefficient (Wildman–Crippen LogP) is 2.84. The number of rotatable bonds is 4. The summed E-state index contributed by atoms with van der Waals surface area (Å²) in [7, 11) is 0. The summed E-state index contributed by atoms with van der Waals surface area (Å²) in [6.07, 6.45) is 0. The standard InChI is InChI=1S/C16H8Cl2F2N2O3/c1-7-11(14(17)22-15(18)12(7)20)13(23)10(16(24)25)6-21-9-4-2-8(19)3-5-9/h2-5H,1H3,(H,24,25)/p-1. The number of Topliss-reactive ketones (excluding diaryl/α,β-unsaturated/α-hetero) is 1. The van der Waals surface area contributed by atoms with E-state index in [9.17, 15) is 23.5 Å². The molecule has 2 aromatic rings. The number of aliphatic carboxylic acids is 1. The lowest BCUT2D eigenvalue weighted by Crippen LogP contribution is -2.30. The first-order valence-electron chi connectivity index (χ1n) is 6.58. The summed E-state index contributed by atoms with van der Waals surface area (Å²) in [5.41, 5.74) is -1.64. The third-order valence-electron chi connectivity index (χ3n) is 3.07. The van der Waals surface area contributed by atoms with Crippen LogP contribution in [-0.4, -0.2) is 22.6 Å². The molecule has 0 bridgehead atoms. The van der Waals surface area contributed by atoms with Crippen LogP contribution in [0.4, 0.5) is 14.5 Å². The van der Waals surface area contributed by atoms with E-state index in [0.29, 0.717) is 0 Å². The minimum Gasteiger partial charge on any atom is -0.544 e. The molecule has 0 spiro atoms. The number of aromatic nitrogens is 1. The maximum atomic E-state index is 13.8. The second-order valence-electron chi connectivity index (χ2n) is 4.70. The van der Waals surface area contributed by atoms with Crippen molar-refractivity contribution in [1.29, 1.82) is 0 Å². The minimum atomic E-state index is -1.90. The summed E-state index contributed by atoms with van der Waals surface area (Å²) in [5, 5.41) is 10.2. The Morgan fingerprint density at radius 1 is 1.16 bits per heavy atom. The summed E-state index contributed by atoms with van der Waals surface area (Å²) in [6, 6.07) is 4.64. The molecule has 5 nitrogen and oxygen atoms in total. The fourth-order valence-electron chi connectivity index (χ4n) is 1.82. The van der Waals surface area contributed by atoms with Crippen molar-refractivity contribution in [3.8, 4) is 0 Å². The first-order valence-corrected chi connectivity index (χ1v) is 7.34. The molecule has 1 heterocycles. The number of pyridine rings is 1. The van der Waals surface area contributed by atoms with E-state index in [1.807, 2.05) is 5.87 Å². The number of carbonyl (C=O) groups is 2. The van der Waals surface area contributed by atoms with Gasteiger partial charge in [0.1, 0.15) is 16.5 Å². The first-order chi connectivity index (χ1) is 11.7. The fraction of sp³-hybridized carbons (Fsp3) is 0.0625. The van der Waals surface area contributed by atoms with Crippen LogP contribution in [0.15, 0.2) is 34.8 Å². The van der Waals surface area contributed by atoms with Crippen LogP contribution in [0.5, 0.6) is 0 Å². The van der Waals surface area contributed by atoms with Crippen LogP contribution in [-0.2, 0) is 4.79 Å². The molecule has 0 aliphatic carbocycles. The zero-order valence-electron chi connectivity index (χ0n) is 12.4. The van der Waals surface area contributed by atoms with Gasteiger partial charge in [-0.3, -0.25) is 4.79 Å². The van der Waals surface area contributed by atoms with Gasteiger partial charge in [-0.05, 0) is 31.2 Å². The molecule has 0 N–H and O–H groups in total. The van der Waals surface area contributed by atoms with Gasteiger partial charge in [0, 0.05) is 11.4 Å². The number of aliphatic imine (C=N–C) groups is 1. The van der Waals surface area contributed by atoms with Crippen molar-refractivity contribution in [2.24, 2.45) is 4.99 Å². The van der Waals surface area contributed by atoms with E-state index in [0.717, 1.165) is 12.1 Å². The van der Waals surface area contributed by atoms with Gasteiger partial charge in [-0.25, -0.2) is 18.8 Å². The summed E-state index contributed by atoms with van der Waals surface area (Å²) in [4.78, 5) is 30.7. The molecule has 9 heteroatoms. The van der Waals surface area contributed by atoms with Gasteiger partial charge >= 0.3 is 0 Å². The van der Waals surface area contributed by atoms with Crippen molar-refractivity contribution in [2.45, 2.75) is 6.92 Å². The Morgan fingerprint density at radius 2 is 1.76 bits per heavy atom. The monoisotopic (exact) mass is 383 g/mol. The Morgan fingerprint density at radius 3 is 2.32 bits per heavy atom. The molecule has 0 aliphatic rings. The van der Waals surface area contributed by atoms with Gasteiger partial charge in [-0.15, -0.1) is 0 Å². The Hall–Kier alpha value is -2.60. The molecule has 0 unspecified atom stereocenters. The van der Waals surface area contributed by atoms with Crippen LogP contribution in [0.1, 0.15) is 15.9 Å². The highest BCUT2D eigenvalue weighted by Crippen LogP contribution is 2.27. The summed E-state index contributed by atoms with van der Waals surface area (Å²) >= 11 is 11.3. The Labute approximate surface area is 150 Å². The van der Waals surface area contributed by atoms with Gasteiger partial charge in [0.15, 0.2) is 11.0 Å². The molecule has 25 heavy (non-hydrogen) atoms. The van der Waals surface area contributed by atoms with Crippen LogP contribution in [0.25, 0.3) is 0 Å². The fourth-order valence-corrected chi connectivity index (χ4v) is 2.41. The van der Waals surface area contributed by atoms with Crippen LogP contribution in [0.3, 0.4) is 0 Å². The topological polar surface area (TPSA) is 82.5 Å². The van der Waals surface area contributed by atoms with Gasteiger partial charge in [-0.1, -0.05) is 23.2 Å².